The molecule has 0 fully saturated rings. The van der Waals surface area contributed by atoms with E-state index in [-0.39, 0.29) is 0 Å². The fourth-order valence-corrected chi connectivity index (χ4v) is 2.34. The van der Waals surface area contributed by atoms with E-state index >= 15 is 0 Å². The third-order valence-electron chi connectivity index (χ3n) is 3.24. The van der Waals surface area contributed by atoms with Gasteiger partial charge < -0.3 is 5.32 Å². The first-order valence-electron chi connectivity index (χ1n) is 6.93. The predicted molar refractivity (Wildman–Crippen MR) is 76.5 cm³/mol. The van der Waals surface area contributed by atoms with E-state index in [0.29, 0.717) is 12.1 Å². The summed E-state index contributed by atoms with van der Waals surface area (Å²) >= 11 is 0. The van der Waals surface area contributed by atoms with Gasteiger partial charge in [0.05, 0.1) is 0 Å². The molecule has 0 aliphatic heterocycles. The maximum Gasteiger partial charge on any atom is 0.00443 e. The second kappa shape index (κ2) is 7.50. The summed E-state index contributed by atoms with van der Waals surface area (Å²) in [7, 11) is 0. The van der Waals surface area contributed by atoms with Crippen LogP contribution in [0.15, 0.2) is 24.3 Å². The van der Waals surface area contributed by atoms with Gasteiger partial charge in [0.1, 0.15) is 0 Å². The van der Waals surface area contributed by atoms with Gasteiger partial charge in [0.15, 0.2) is 0 Å². The number of nitrogens with one attached hydrogen (secondary N) is 1. The fourth-order valence-electron chi connectivity index (χ4n) is 2.34. The zero-order valence-corrected chi connectivity index (χ0v) is 11.8. The molecular formula is C16H27N. The minimum Gasteiger partial charge on any atom is -0.312 e. The van der Waals surface area contributed by atoms with Crippen molar-refractivity contribution < 1.29 is 0 Å². The molecule has 1 aromatic rings. The van der Waals surface area contributed by atoms with E-state index in [1.165, 1.54) is 36.8 Å². The van der Waals surface area contributed by atoms with E-state index in [1.54, 1.807) is 0 Å². The number of benzene rings is 1. The minimum atomic E-state index is 0.608. The number of hydrogen-bond acceptors (Lipinski definition) is 1. The monoisotopic (exact) mass is 233 g/mol. The molecule has 0 spiro atoms. The Morgan fingerprint density at radius 2 is 1.82 bits per heavy atom. The van der Waals surface area contributed by atoms with Crippen molar-refractivity contribution >= 4 is 0 Å². The van der Waals surface area contributed by atoms with Gasteiger partial charge in [-0.15, -0.1) is 0 Å². The maximum atomic E-state index is 3.67. The lowest BCUT2D eigenvalue weighted by molar-refractivity contribution is 0.426. The molecule has 0 heterocycles. The number of hydrogen-bond donors (Lipinski definition) is 1. The average molecular weight is 233 g/mol. The van der Waals surface area contributed by atoms with Crippen LogP contribution in [0.1, 0.15) is 51.2 Å². The van der Waals surface area contributed by atoms with Gasteiger partial charge in [0.2, 0.25) is 0 Å². The van der Waals surface area contributed by atoms with E-state index < -0.39 is 0 Å². The zero-order valence-electron chi connectivity index (χ0n) is 11.8. The molecule has 0 saturated heterocycles. The van der Waals surface area contributed by atoms with Crippen LogP contribution in [0.25, 0.3) is 0 Å². The van der Waals surface area contributed by atoms with Crippen LogP contribution < -0.4 is 5.32 Å². The van der Waals surface area contributed by atoms with Crippen molar-refractivity contribution in [3.63, 3.8) is 0 Å². The molecule has 0 aliphatic rings. The van der Waals surface area contributed by atoms with E-state index in [1.807, 2.05) is 0 Å². The van der Waals surface area contributed by atoms with Gasteiger partial charge in [0, 0.05) is 12.1 Å². The van der Waals surface area contributed by atoms with Gasteiger partial charge in [-0.1, -0.05) is 43.2 Å². The summed E-state index contributed by atoms with van der Waals surface area (Å²) < 4.78 is 0. The van der Waals surface area contributed by atoms with E-state index in [2.05, 4.69) is 57.3 Å². The lowest BCUT2D eigenvalue weighted by Gasteiger charge is -2.19. The molecule has 0 bridgehead atoms. The molecule has 0 aliphatic carbocycles. The maximum absolute atomic E-state index is 3.67. The van der Waals surface area contributed by atoms with Crippen molar-refractivity contribution in [2.75, 3.05) is 0 Å². The van der Waals surface area contributed by atoms with Gasteiger partial charge in [-0.2, -0.15) is 0 Å². The Kier molecular flexibility index (Phi) is 6.28. The summed E-state index contributed by atoms with van der Waals surface area (Å²) in [6.45, 7) is 8.98. The molecule has 1 nitrogen and oxygen atoms in total. The highest BCUT2D eigenvalue weighted by molar-refractivity contribution is 5.22. The van der Waals surface area contributed by atoms with Gasteiger partial charge in [-0.3, -0.25) is 0 Å². The Morgan fingerprint density at radius 3 is 2.47 bits per heavy atom. The van der Waals surface area contributed by atoms with Crippen molar-refractivity contribution in [3.05, 3.63) is 35.4 Å². The summed E-state index contributed by atoms with van der Waals surface area (Å²) in [5.41, 5.74) is 2.82. The lowest BCUT2D eigenvalue weighted by Crippen LogP contribution is -2.34. The van der Waals surface area contributed by atoms with E-state index in [0.717, 1.165) is 0 Å². The van der Waals surface area contributed by atoms with Crippen LogP contribution in [0.4, 0.5) is 0 Å². The third-order valence-corrected chi connectivity index (χ3v) is 3.24. The third kappa shape index (κ3) is 5.88. The molecule has 0 amide bonds. The fraction of sp³-hybridized carbons (Fsp3) is 0.625. The molecule has 1 rings (SSSR count). The van der Waals surface area contributed by atoms with Crippen LogP contribution in [-0.2, 0) is 6.42 Å². The first-order valence-corrected chi connectivity index (χ1v) is 6.93. The molecule has 0 aromatic heterocycles. The molecular weight excluding hydrogens is 206 g/mol. The van der Waals surface area contributed by atoms with Crippen molar-refractivity contribution in [2.45, 2.75) is 65.5 Å². The first kappa shape index (κ1) is 14.2. The highest BCUT2D eigenvalue weighted by Gasteiger charge is 2.06. The number of rotatable bonds is 7. The van der Waals surface area contributed by atoms with Gasteiger partial charge >= 0.3 is 0 Å². The molecule has 0 radical (unpaired) electrons. The molecule has 1 N–H and O–H groups in total. The van der Waals surface area contributed by atoms with Crippen LogP contribution in [0, 0.1) is 6.92 Å². The van der Waals surface area contributed by atoms with Crippen LogP contribution >= 0.6 is 0 Å². The molecule has 2 unspecified atom stereocenters. The Morgan fingerprint density at radius 1 is 1.12 bits per heavy atom. The Hall–Kier alpha value is -0.820. The molecule has 17 heavy (non-hydrogen) atoms. The summed E-state index contributed by atoms with van der Waals surface area (Å²) in [6.07, 6.45) is 4.93. The van der Waals surface area contributed by atoms with Crippen LogP contribution in [-0.4, -0.2) is 12.1 Å². The highest BCUT2D eigenvalue weighted by atomic mass is 14.9. The van der Waals surface area contributed by atoms with Gasteiger partial charge in [-0.25, -0.2) is 0 Å². The SMILES string of the molecule is CCCC(C)NC(C)CCc1cccc(C)c1. The van der Waals surface area contributed by atoms with Crippen LogP contribution in [0.5, 0.6) is 0 Å². The summed E-state index contributed by atoms with van der Waals surface area (Å²) in [5.74, 6) is 0. The number of aryl methyl sites for hydroxylation is 2. The molecule has 2 atom stereocenters. The topological polar surface area (TPSA) is 12.0 Å². The van der Waals surface area contributed by atoms with Crippen molar-refractivity contribution in [2.24, 2.45) is 0 Å². The summed E-state index contributed by atoms with van der Waals surface area (Å²) in [6, 6.07) is 10.1. The van der Waals surface area contributed by atoms with Crippen LogP contribution in [0.2, 0.25) is 0 Å². The Bertz CT molecular complexity index is 319. The summed E-state index contributed by atoms with van der Waals surface area (Å²) in [4.78, 5) is 0. The predicted octanol–water partition coefficient (Wildman–Crippen LogP) is 4.09. The minimum absolute atomic E-state index is 0.608. The standard InChI is InChI=1S/C16H27N/c1-5-7-14(3)17-15(4)10-11-16-9-6-8-13(2)12-16/h6,8-9,12,14-15,17H,5,7,10-11H2,1-4H3. The molecule has 1 aromatic carbocycles. The van der Waals surface area contributed by atoms with Crippen molar-refractivity contribution in [3.8, 4) is 0 Å². The molecule has 96 valence electrons. The second-order valence-electron chi connectivity index (χ2n) is 5.29. The molecule has 1 heteroatoms. The first-order chi connectivity index (χ1) is 8.11. The lowest BCUT2D eigenvalue weighted by atomic mass is 10.0. The van der Waals surface area contributed by atoms with E-state index in [4.69, 9.17) is 0 Å². The van der Waals surface area contributed by atoms with Crippen molar-refractivity contribution in [1.29, 1.82) is 0 Å². The van der Waals surface area contributed by atoms with E-state index in [9.17, 15) is 0 Å². The zero-order chi connectivity index (χ0) is 12.7. The quantitative estimate of drug-likeness (QED) is 0.748. The Labute approximate surface area is 107 Å². The largest absolute Gasteiger partial charge is 0.312 e. The van der Waals surface area contributed by atoms with Gasteiger partial charge in [0.25, 0.3) is 0 Å². The normalized spacial score (nSPS) is 14.6. The summed E-state index contributed by atoms with van der Waals surface area (Å²) in [5, 5.41) is 3.67. The Balaban J connectivity index is 2.30. The van der Waals surface area contributed by atoms with Crippen LogP contribution in [0.3, 0.4) is 0 Å². The van der Waals surface area contributed by atoms with Gasteiger partial charge in [-0.05, 0) is 45.6 Å². The smallest absolute Gasteiger partial charge is 0.00443 e. The average Bonchev–Trinajstić information content (AvgIpc) is 2.27. The molecule has 0 saturated carbocycles. The highest BCUT2D eigenvalue weighted by Crippen LogP contribution is 2.09. The van der Waals surface area contributed by atoms with Crippen molar-refractivity contribution in [1.82, 2.24) is 5.32 Å². The second-order valence-corrected chi connectivity index (χ2v) is 5.29.